The molecule has 0 aromatic heterocycles. The maximum Gasteiger partial charge on any atom is 0.240 e. The molecule has 0 radical (unpaired) electrons. The van der Waals surface area contributed by atoms with Crippen LogP contribution in [0.4, 0.5) is 0 Å². The van der Waals surface area contributed by atoms with Crippen molar-refractivity contribution in [3.05, 3.63) is 29.8 Å². The molecular formula is C13H18N2O4S. The largest absolute Gasteiger partial charge is 0.381 e. The van der Waals surface area contributed by atoms with Crippen molar-refractivity contribution in [2.24, 2.45) is 5.92 Å². The van der Waals surface area contributed by atoms with Crippen molar-refractivity contribution in [2.75, 3.05) is 20.3 Å². The van der Waals surface area contributed by atoms with Crippen molar-refractivity contribution in [3.63, 3.8) is 0 Å². The van der Waals surface area contributed by atoms with Crippen LogP contribution in [0.5, 0.6) is 0 Å². The molecule has 1 saturated heterocycles. The Bertz CT molecular complexity index is 580. The van der Waals surface area contributed by atoms with Crippen LogP contribution in [0.25, 0.3) is 0 Å². The Morgan fingerprint density at radius 3 is 2.90 bits per heavy atom. The average molecular weight is 298 g/mol. The van der Waals surface area contributed by atoms with Gasteiger partial charge in [0.05, 0.1) is 17.4 Å². The van der Waals surface area contributed by atoms with Crippen LogP contribution in [-0.2, 0) is 26.1 Å². The number of hydrogen-bond donors (Lipinski definition) is 2. The maximum absolute atomic E-state index is 11.8. The molecule has 1 aliphatic rings. The highest BCUT2D eigenvalue weighted by Crippen LogP contribution is 2.14. The van der Waals surface area contributed by atoms with Gasteiger partial charge in [0.1, 0.15) is 0 Å². The minimum absolute atomic E-state index is 0.0515. The molecule has 0 spiro atoms. The van der Waals surface area contributed by atoms with Crippen LogP contribution in [0, 0.1) is 5.92 Å². The van der Waals surface area contributed by atoms with E-state index in [1.54, 1.807) is 18.2 Å². The van der Waals surface area contributed by atoms with Crippen LogP contribution >= 0.6 is 0 Å². The van der Waals surface area contributed by atoms with Gasteiger partial charge in [-0.25, -0.2) is 13.1 Å². The van der Waals surface area contributed by atoms with Crippen molar-refractivity contribution >= 4 is 15.9 Å². The average Bonchev–Trinajstić information content (AvgIpc) is 2.99. The van der Waals surface area contributed by atoms with Gasteiger partial charge in [-0.1, -0.05) is 12.1 Å². The Hall–Kier alpha value is -1.44. The molecule has 0 aliphatic carbocycles. The van der Waals surface area contributed by atoms with E-state index in [-0.39, 0.29) is 16.7 Å². The van der Waals surface area contributed by atoms with Gasteiger partial charge in [-0.05, 0) is 31.2 Å². The van der Waals surface area contributed by atoms with Crippen LogP contribution in [0.15, 0.2) is 29.2 Å². The summed E-state index contributed by atoms with van der Waals surface area (Å²) in [5, 5.41) is 2.80. The summed E-state index contributed by atoms with van der Waals surface area (Å²) < 4.78 is 30.8. The van der Waals surface area contributed by atoms with Gasteiger partial charge >= 0.3 is 0 Å². The second-order valence-corrected chi connectivity index (χ2v) is 6.52. The fourth-order valence-corrected chi connectivity index (χ4v) is 2.82. The predicted octanol–water partition coefficient (Wildman–Crippen LogP) is 0.247. The monoisotopic (exact) mass is 298 g/mol. The number of hydrogen-bond acceptors (Lipinski definition) is 4. The van der Waals surface area contributed by atoms with E-state index in [4.69, 9.17) is 4.74 Å². The van der Waals surface area contributed by atoms with Crippen LogP contribution in [0.2, 0.25) is 0 Å². The molecule has 1 fully saturated rings. The third-order valence-electron chi connectivity index (χ3n) is 3.24. The van der Waals surface area contributed by atoms with Gasteiger partial charge in [0, 0.05) is 13.2 Å². The zero-order chi connectivity index (χ0) is 14.6. The zero-order valence-corrected chi connectivity index (χ0v) is 12.1. The van der Waals surface area contributed by atoms with E-state index in [1.807, 2.05) is 0 Å². The van der Waals surface area contributed by atoms with E-state index in [0.717, 1.165) is 12.0 Å². The molecule has 0 saturated carbocycles. The summed E-state index contributed by atoms with van der Waals surface area (Å²) in [6, 6.07) is 6.50. The highest BCUT2D eigenvalue weighted by molar-refractivity contribution is 7.89. The molecule has 1 amide bonds. The lowest BCUT2D eigenvalue weighted by atomic mass is 10.1. The Balaban J connectivity index is 2.00. The summed E-state index contributed by atoms with van der Waals surface area (Å²) >= 11 is 0. The van der Waals surface area contributed by atoms with E-state index in [1.165, 1.54) is 13.1 Å². The number of nitrogens with one attached hydrogen (secondary N) is 2. The smallest absolute Gasteiger partial charge is 0.240 e. The molecule has 1 aromatic rings. The van der Waals surface area contributed by atoms with Crippen LogP contribution in [0.3, 0.4) is 0 Å². The molecule has 2 N–H and O–H groups in total. The summed E-state index contributed by atoms with van der Waals surface area (Å²) in [5.74, 6) is -0.149. The van der Waals surface area contributed by atoms with E-state index in [0.29, 0.717) is 19.8 Å². The van der Waals surface area contributed by atoms with Crippen LogP contribution < -0.4 is 10.0 Å². The first-order chi connectivity index (χ1) is 9.53. The molecule has 6 nitrogen and oxygen atoms in total. The van der Waals surface area contributed by atoms with E-state index >= 15 is 0 Å². The molecule has 20 heavy (non-hydrogen) atoms. The molecule has 1 atom stereocenters. The number of benzene rings is 1. The first-order valence-electron chi connectivity index (χ1n) is 6.41. The molecule has 0 bridgehead atoms. The highest BCUT2D eigenvalue weighted by Gasteiger charge is 2.23. The number of rotatable bonds is 5. The molecule has 1 aliphatic heterocycles. The minimum atomic E-state index is -3.46. The predicted molar refractivity (Wildman–Crippen MR) is 73.5 cm³/mol. The molecular weight excluding hydrogens is 280 g/mol. The second-order valence-electron chi connectivity index (χ2n) is 4.63. The third-order valence-corrected chi connectivity index (χ3v) is 4.66. The molecule has 7 heteroatoms. The Kier molecular flexibility index (Phi) is 4.74. The summed E-state index contributed by atoms with van der Waals surface area (Å²) in [5.41, 5.74) is 0.744. The maximum atomic E-state index is 11.8. The molecule has 1 unspecified atom stereocenters. The fraction of sp³-hybridized carbons (Fsp3) is 0.462. The first kappa shape index (κ1) is 15.0. The van der Waals surface area contributed by atoms with E-state index in [2.05, 4.69) is 10.0 Å². The minimum Gasteiger partial charge on any atom is -0.381 e. The SMILES string of the molecule is CNS(=O)(=O)c1cccc(CNC(=O)C2CCOC2)c1. The number of carbonyl (C=O) groups is 1. The lowest BCUT2D eigenvalue weighted by Crippen LogP contribution is -2.30. The molecule has 110 valence electrons. The third kappa shape index (κ3) is 3.56. The molecule has 1 heterocycles. The summed E-state index contributed by atoms with van der Waals surface area (Å²) in [4.78, 5) is 12.0. The topological polar surface area (TPSA) is 84.5 Å². The quantitative estimate of drug-likeness (QED) is 0.816. The van der Waals surface area contributed by atoms with Gasteiger partial charge < -0.3 is 10.1 Å². The van der Waals surface area contributed by atoms with Crippen LogP contribution in [0.1, 0.15) is 12.0 Å². The van der Waals surface area contributed by atoms with Crippen molar-refractivity contribution < 1.29 is 17.9 Å². The first-order valence-corrected chi connectivity index (χ1v) is 7.89. The second kappa shape index (κ2) is 6.34. The van der Waals surface area contributed by atoms with Crippen molar-refractivity contribution in [1.82, 2.24) is 10.0 Å². The summed E-state index contributed by atoms with van der Waals surface area (Å²) in [6.45, 7) is 1.39. The summed E-state index contributed by atoms with van der Waals surface area (Å²) in [6.07, 6.45) is 0.736. The van der Waals surface area contributed by atoms with Gasteiger partial charge in [-0.2, -0.15) is 0 Å². The molecule has 2 rings (SSSR count). The lowest BCUT2D eigenvalue weighted by Gasteiger charge is -2.10. The Morgan fingerprint density at radius 2 is 2.25 bits per heavy atom. The summed E-state index contributed by atoms with van der Waals surface area (Å²) in [7, 11) is -2.09. The Morgan fingerprint density at radius 1 is 1.45 bits per heavy atom. The number of ether oxygens (including phenoxy) is 1. The van der Waals surface area contributed by atoms with Gasteiger partial charge in [-0.15, -0.1) is 0 Å². The number of carbonyl (C=O) groups excluding carboxylic acids is 1. The van der Waals surface area contributed by atoms with Crippen LogP contribution in [-0.4, -0.2) is 34.6 Å². The standard InChI is InChI=1S/C13H18N2O4S/c1-14-20(17,18)12-4-2-3-10(7-12)8-15-13(16)11-5-6-19-9-11/h2-4,7,11,14H,5-6,8-9H2,1H3,(H,15,16). The number of amides is 1. The lowest BCUT2D eigenvalue weighted by molar-refractivity contribution is -0.125. The fourth-order valence-electron chi connectivity index (χ4n) is 2.02. The normalized spacial score (nSPS) is 18.9. The van der Waals surface area contributed by atoms with E-state index < -0.39 is 10.0 Å². The highest BCUT2D eigenvalue weighted by atomic mass is 32.2. The Labute approximate surface area is 118 Å². The van der Waals surface area contributed by atoms with Crippen molar-refractivity contribution in [1.29, 1.82) is 0 Å². The zero-order valence-electron chi connectivity index (χ0n) is 11.3. The van der Waals surface area contributed by atoms with Crippen molar-refractivity contribution in [3.8, 4) is 0 Å². The van der Waals surface area contributed by atoms with Gasteiger partial charge in [0.15, 0.2) is 0 Å². The van der Waals surface area contributed by atoms with Crippen molar-refractivity contribution in [2.45, 2.75) is 17.9 Å². The van der Waals surface area contributed by atoms with Gasteiger partial charge in [-0.3, -0.25) is 4.79 Å². The van der Waals surface area contributed by atoms with E-state index in [9.17, 15) is 13.2 Å². The molecule has 1 aromatic carbocycles. The van der Waals surface area contributed by atoms with Gasteiger partial charge in [0.25, 0.3) is 0 Å². The van der Waals surface area contributed by atoms with Gasteiger partial charge in [0.2, 0.25) is 15.9 Å². The number of sulfonamides is 1.